The van der Waals surface area contributed by atoms with E-state index in [2.05, 4.69) is 43.8 Å². The average molecular weight is 522 g/mol. The number of fused-ring (bicyclic) bond motifs is 1. The van der Waals surface area contributed by atoms with Crippen molar-refractivity contribution in [3.8, 4) is 11.3 Å². The van der Waals surface area contributed by atoms with Gasteiger partial charge in [-0.2, -0.15) is 0 Å². The van der Waals surface area contributed by atoms with Crippen molar-refractivity contribution >= 4 is 34.2 Å². The Labute approximate surface area is 219 Å². The van der Waals surface area contributed by atoms with Gasteiger partial charge < -0.3 is 13.8 Å². The SMILES string of the molecule is Cc1noc2ccc(-c3cn(C[C@H](C)N4CCOCC4)c([C@@H]4CCC(=O)N4c4cnc(Cl)nc4)n3)cc12. The fourth-order valence-electron chi connectivity index (χ4n) is 5.30. The van der Waals surface area contributed by atoms with Gasteiger partial charge in [0.05, 0.1) is 48.7 Å². The number of hydrogen-bond acceptors (Lipinski definition) is 8. The number of halogens is 1. The molecule has 2 aliphatic rings. The van der Waals surface area contributed by atoms with E-state index in [1.165, 1.54) is 0 Å². The lowest BCUT2D eigenvalue weighted by atomic mass is 10.1. The van der Waals surface area contributed by atoms with Crippen molar-refractivity contribution in [3.05, 3.63) is 53.6 Å². The van der Waals surface area contributed by atoms with E-state index in [-0.39, 0.29) is 23.3 Å². The molecule has 5 heterocycles. The highest BCUT2D eigenvalue weighted by Crippen LogP contribution is 2.38. The number of amides is 1. The van der Waals surface area contributed by atoms with Crippen molar-refractivity contribution in [2.75, 3.05) is 31.2 Å². The number of hydrogen-bond donors (Lipinski definition) is 0. The van der Waals surface area contributed by atoms with Gasteiger partial charge in [-0.05, 0) is 50.1 Å². The molecule has 2 fully saturated rings. The first-order valence-corrected chi connectivity index (χ1v) is 12.9. The molecule has 2 saturated heterocycles. The summed E-state index contributed by atoms with van der Waals surface area (Å²) >= 11 is 5.91. The number of carbonyl (C=O) groups is 1. The first-order valence-electron chi connectivity index (χ1n) is 12.5. The standard InChI is InChI=1S/C26H28ClN7O3/c1-16(32-7-9-36-10-8-32)14-33-15-21(18-3-5-23-20(11-18)17(2)31-37-23)30-25(33)22-4-6-24(35)34(22)19-12-28-26(27)29-13-19/h3,5,11-13,15-16,22H,4,6-10,14H2,1-2H3/t16-,22-/m0/s1. The van der Waals surface area contributed by atoms with Gasteiger partial charge in [-0.3, -0.25) is 14.6 Å². The number of morpholine rings is 1. The number of imidazole rings is 1. The van der Waals surface area contributed by atoms with E-state index in [1.807, 2.05) is 19.1 Å². The number of benzene rings is 1. The Morgan fingerprint density at radius 1 is 1.19 bits per heavy atom. The van der Waals surface area contributed by atoms with Crippen LogP contribution in [0.15, 0.2) is 41.3 Å². The van der Waals surface area contributed by atoms with E-state index in [4.69, 9.17) is 25.8 Å². The first-order chi connectivity index (χ1) is 18.0. The van der Waals surface area contributed by atoms with Gasteiger partial charge >= 0.3 is 0 Å². The van der Waals surface area contributed by atoms with Crippen molar-refractivity contribution < 1.29 is 14.1 Å². The number of ether oxygens (including phenoxy) is 1. The normalized spacial score (nSPS) is 19.7. The highest BCUT2D eigenvalue weighted by Gasteiger charge is 2.37. The molecule has 1 aromatic carbocycles. The maximum Gasteiger partial charge on any atom is 0.227 e. The molecule has 3 aromatic heterocycles. The number of anilines is 1. The zero-order valence-corrected chi connectivity index (χ0v) is 21.6. The van der Waals surface area contributed by atoms with Crippen LogP contribution in [0.5, 0.6) is 0 Å². The third-order valence-electron chi connectivity index (χ3n) is 7.28. The van der Waals surface area contributed by atoms with Gasteiger partial charge in [-0.15, -0.1) is 0 Å². The summed E-state index contributed by atoms with van der Waals surface area (Å²) in [4.78, 5) is 30.5. The van der Waals surface area contributed by atoms with E-state index in [9.17, 15) is 4.79 Å². The minimum absolute atomic E-state index is 0.0229. The fraction of sp³-hybridized carbons (Fsp3) is 0.423. The predicted octanol–water partition coefficient (Wildman–Crippen LogP) is 4.03. The summed E-state index contributed by atoms with van der Waals surface area (Å²) in [5, 5.41) is 5.20. The van der Waals surface area contributed by atoms with Gasteiger partial charge in [-0.1, -0.05) is 5.16 Å². The van der Waals surface area contributed by atoms with Crippen molar-refractivity contribution in [3.63, 3.8) is 0 Å². The molecule has 0 spiro atoms. The first kappa shape index (κ1) is 24.0. The van der Waals surface area contributed by atoms with Crippen molar-refractivity contribution in [1.82, 2.24) is 29.6 Å². The largest absolute Gasteiger partial charge is 0.379 e. The van der Waals surface area contributed by atoms with Crippen LogP contribution in [0.4, 0.5) is 5.69 Å². The molecule has 2 atom stereocenters. The molecule has 4 aromatic rings. The second-order valence-corrected chi connectivity index (χ2v) is 9.98. The van der Waals surface area contributed by atoms with E-state index in [0.29, 0.717) is 18.5 Å². The molecule has 0 aliphatic carbocycles. The summed E-state index contributed by atoms with van der Waals surface area (Å²) in [5.41, 5.74) is 4.03. The lowest BCUT2D eigenvalue weighted by molar-refractivity contribution is -0.117. The second kappa shape index (κ2) is 9.85. The lowest BCUT2D eigenvalue weighted by Gasteiger charge is -2.33. The van der Waals surface area contributed by atoms with Gasteiger partial charge in [0.2, 0.25) is 11.2 Å². The molecule has 0 N–H and O–H groups in total. The van der Waals surface area contributed by atoms with Gasteiger partial charge in [0.25, 0.3) is 0 Å². The highest BCUT2D eigenvalue weighted by atomic mass is 35.5. The topological polar surface area (TPSA) is 102 Å². The molecule has 192 valence electrons. The van der Waals surface area contributed by atoms with Gasteiger partial charge in [0.15, 0.2) is 5.58 Å². The van der Waals surface area contributed by atoms with Crippen LogP contribution in [0, 0.1) is 6.92 Å². The van der Waals surface area contributed by atoms with Gasteiger partial charge in [-0.25, -0.2) is 15.0 Å². The highest BCUT2D eigenvalue weighted by molar-refractivity contribution is 6.28. The van der Waals surface area contributed by atoms with Crippen LogP contribution in [-0.2, 0) is 16.1 Å². The van der Waals surface area contributed by atoms with Crippen LogP contribution in [0.2, 0.25) is 5.28 Å². The summed E-state index contributed by atoms with van der Waals surface area (Å²) in [6, 6.07) is 6.03. The third-order valence-corrected chi connectivity index (χ3v) is 7.47. The molecule has 0 unspecified atom stereocenters. The molecule has 0 radical (unpaired) electrons. The molecule has 6 rings (SSSR count). The number of rotatable bonds is 6. The molecule has 11 heteroatoms. The number of aryl methyl sites for hydroxylation is 1. The monoisotopic (exact) mass is 521 g/mol. The quantitative estimate of drug-likeness (QED) is 0.350. The van der Waals surface area contributed by atoms with Gasteiger partial charge in [0, 0.05) is 49.2 Å². The van der Waals surface area contributed by atoms with Crippen LogP contribution in [0.25, 0.3) is 22.2 Å². The summed E-state index contributed by atoms with van der Waals surface area (Å²) < 4.78 is 13.1. The Kier molecular flexibility index (Phi) is 6.39. The molecule has 1 amide bonds. The van der Waals surface area contributed by atoms with E-state index >= 15 is 0 Å². The lowest BCUT2D eigenvalue weighted by Crippen LogP contribution is -2.44. The number of aromatic nitrogens is 5. The molecular weight excluding hydrogens is 494 g/mol. The molecule has 0 bridgehead atoms. The summed E-state index contributed by atoms with van der Waals surface area (Å²) in [7, 11) is 0. The average Bonchev–Trinajstić information content (AvgIpc) is 3.62. The van der Waals surface area contributed by atoms with Crippen LogP contribution in [0.3, 0.4) is 0 Å². The molecule has 37 heavy (non-hydrogen) atoms. The summed E-state index contributed by atoms with van der Waals surface area (Å²) in [5.74, 6) is 0.868. The minimum atomic E-state index is -0.232. The third kappa shape index (κ3) is 4.60. The number of carbonyl (C=O) groups excluding carboxylic acids is 1. The zero-order chi connectivity index (χ0) is 25.5. The van der Waals surface area contributed by atoms with E-state index < -0.39 is 0 Å². The molecular formula is C26H28ClN7O3. The summed E-state index contributed by atoms with van der Waals surface area (Å²) in [6.45, 7) is 8.19. The smallest absolute Gasteiger partial charge is 0.227 e. The Morgan fingerprint density at radius 2 is 1.97 bits per heavy atom. The molecule has 2 aliphatic heterocycles. The van der Waals surface area contributed by atoms with Crippen molar-refractivity contribution in [2.24, 2.45) is 0 Å². The van der Waals surface area contributed by atoms with E-state index in [1.54, 1.807) is 17.3 Å². The van der Waals surface area contributed by atoms with Crippen molar-refractivity contribution in [1.29, 1.82) is 0 Å². The van der Waals surface area contributed by atoms with Crippen molar-refractivity contribution in [2.45, 2.75) is 45.3 Å². The Balaban J connectivity index is 1.40. The Hall–Kier alpha value is -3.34. The van der Waals surface area contributed by atoms with Crippen LogP contribution in [0.1, 0.15) is 37.3 Å². The van der Waals surface area contributed by atoms with Gasteiger partial charge in [0.1, 0.15) is 5.82 Å². The van der Waals surface area contributed by atoms with Crippen LogP contribution >= 0.6 is 11.6 Å². The van der Waals surface area contributed by atoms with Crippen LogP contribution in [-0.4, -0.2) is 67.8 Å². The Morgan fingerprint density at radius 3 is 2.76 bits per heavy atom. The van der Waals surface area contributed by atoms with Crippen LogP contribution < -0.4 is 4.90 Å². The molecule has 0 saturated carbocycles. The Bertz CT molecular complexity index is 1430. The maximum atomic E-state index is 13.0. The van der Waals surface area contributed by atoms with E-state index in [0.717, 1.165) is 66.6 Å². The summed E-state index contributed by atoms with van der Waals surface area (Å²) in [6.07, 6.45) is 6.38. The maximum absolute atomic E-state index is 13.0. The second-order valence-electron chi connectivity index (χ2n) is 9.64. The fourth-order valence-corrected chi connectivity index (χ4v) is 5.40. The predicted molar refractivity (Wildman–Crippen MR) is 138 cm³/mol. The number of nitrogens with zero attached hydrogens (tertiary/aromatic N) is 7. The minimum Gasteiger partial charge on any atom is -0.379 e. The zero-order valence-electron chi connectivity index (χ0n) is 20.8. The molecule has 10 nitrogen and oxygen atoms in total.